The highest BCUT2D eigenvalue weighted by Gasteiger charge is 2.07. The number of amides is 1. The third-order valence-electron chi connectivity index (χ3n) is 3.80. The molecule has 0 radical (unpaired) electrons. The number of methoxy groups -OCH3 is 2. The van der Waals surface area contributed by atoms with Crippen molar-refractivity contribution in [1.82, 2.24) is 5.32 Å². The van der Waals surface area contributed by atoms with E-state index in [9.17, 15) is 4.79 Å². The number of nitrogens with zero attached hydrogens (tertiary/aromatic N) is 1. The lowest BCUT2D eigenvalue weighted by Gasteiger charge is -2.15. The summed E-state index contributed by atoms with van der Waals surface area (Å²) in [7, 11) is 4.63. The van der Waals surface area contributed by atoms with Crippen LogP contribution in [0.4, 0.5) is 16.2 Å². The van der Waals surface area contributed by atoms with Crippen molar-refractivity contribution in [3.63, 3.8) is 0 Å². The number of hydrogen-bond acceptors (Lipinski definition) is 5. The monoisotopic (exact) mass is 514 g/mol. The highest BCUT2D eigenvalue weighted by molar-refractivity contribution is 14.0. The number of ether oxygens (including phenoxy) is 3. The van der Waals surface area contributed by atoms with Crippen LogP contribution in [0.25, 0.3) is 0 Å². The minimum atomic E-state index is -0.499. The minimum Gasteiger partial charge on any atom is -0.493 e. The summed E-state index contributed by atoms with van der Waals surface area (Å²) in [6.45, 7) is 3.06. The molecule has 0 unspecified atom stereocenters. The second-order valence-corrected chi connectivity index (χ2v) is 5.66. The highest BCUT2D eigenvalue weighted by atomic mass is 127. The summed E-state index contributed by atoms with van der Waals surface area (Å²) in [5.41, 5.74) is 2.52. The van der Waals surface area contributed by atoms with E-state index in [1.54, 1.807) is 26.3 Å². The Balaban J connectivity index is 0.00000420. The molecule has 0 fully saturated rings. The van der Waals surface area contributed by atoms with E-state index in [-0.39, 0.29) is 24.0 Å². The average molecular weight is 514 g/mol. The van der Waals surface area contributed by atoms with Crippen LogP contribution in [0, 0.1) is 0 Å². The van der Waals surface area contributed by atoms with Gasteiger partial charge in [-0.2, -0.15) is 0 Å². The predicted molar refractivity (Wildman–Crippen MR) is 126 cm³/mol. The maximum Gasteiger partial charge on any atom is 0.411 e. The fourth-order valence-corrected chi connectivity index (χ4v) is 2.40. The van der Waals surface area contributed by atoms with E-state index in [1.165, 1.54) is 7.11 Å². The highest BCUT2D eigenvalue weighted by Crippen LogP contribution is 2.30. The molecule has 0 atom stereocenters. The van der Waals surface area contributed by atoms with E-state index >= 15 is 0 Å². The molecule has 9 heteroatoms. The predicted octanol–water partition coefficient (Wildman–Crippen LogP) is 4.08. The molecule has 0 aliphatic heterocycles. The molecule has 0 heterocycles. The van der Waals surface area contributed by atoms with Gasteiger partial charge in [-0.1, -0.05) is 12.1 Å². The van der Waals surface area contributed by atoms with Crippen LogP contribution in [-0.2, 0) is 11.3 Å². The smallest absolute Gasteiger partial charge is 0.411 e. The Morgan fingerprint density at radius 3 is 2.28 bits per heavy atom. The van der Waals surface area contributed by atoms with Crippen LogP contribution in [0.5, 0.6) is 11.5 Å². The summed E-state index contributed by atoms with van der Waals surface area (Å²) in [4.78, 5) is 15.4. The van der Waals surface area contributed by atoms with Gasteiger partial charge in [0.05, 0.1) is 20.8 Å². The summed E-state index contributed by atoms with van der Waals surface area (Å²) in [6, 6.07) is 13.0. The molecular formula is C20H27IN4O4. The van der Waals surface area contributed by atoms with Crippen LogP contribution in [0.3, 0.4) is 0 Å². The van der Waals surface area contributed by atoms with Crippen molar-refractivity contribution >= 4 is 47.4 Å². The van der Waals surface area contributed by atoms with E-state index in [1.807, 2.05) is 37.3 Å². The molecule has 0 aliphatic carbocycles. The van der Waals surface area contributed by atoms with Gasteiger partial charge in [-0.25, -0.2) is 4.79 Å². The molecule has 3 N–H and O–H groups in total. The van der Waals surface area contributed by atoms with E-state index in [0.717, 1.165) is 11.3 Å². The third-order valence-corrected chi connectivity index (χ3v) is 3.80. The van der Waals surface area contributed by atoms with Crippen molar-refractivity contribution in [2.24, 2.45) is 4.99 Å². The lowest BCUT2D eigenvalue weighted by molar-refractivity contribution is 0.187. The minimum absolute atomic E-state index is 0. The molecule has 2 aromatic carbocycles. The van der Waals surface area contributed by atoms with Gasteiger partial charge in [0, 0.05) is 31.0 Å². The third kappa shape index (κ3) is 7.68. The molecule has 2 aromatic rings. The van der Waals surface area contributed by atoms with Gasteiger partial charge in [0.2, 0.25) is 0 Å². The normalized spacial score (nSPS) is 10.4. The fourth-order valence-electron chi connectivity index (χ4n) is 2.40. The number of hydrogen-bond donors (Lipinski definition) is 3. The number of benzene rings is 2. The van der Waals surface area contributed by atoms with Crippen molar-refractivity contribution in [2.75, 3.05) is 38.5 Å². The van der Waals surface area contributed by atoms with Crippen molar-refractivity contribution < 1.29 is 19.0 Å². The Morgan fingerprint density at radius 2 is 1.69 bits per heavy atom. The summed E-state index contributed by atoms with van der Waals surface area (Å²) in [6.07, 6.45) is -0.499. The number of halogens is 1. The van der Waals surface area contributed by atoms with E-state index in [4.69, 9.17) is 9.47 Å². The zero-order chi connectivity index (χ0) is 20.4. The number of carbonyl (C=O) groups is 1. The zero-order valence-corrected chi connectivity index (χ0v) is 19.3. The molecular weight excluding hydrogens is 487 g/mol. The molecule has 0 saturated heterocycles. The van der Waals surface area contributed by atoms with Gasteiger partial charge < -0.3 is 24.8 Å². The second kappa shape index (κ2) is 12.7. The molecule has 29 heavy (non-hydrogen) atoms. The Bertz CT molecular complexity index is 813. The number of carbonyl (C=O) groups excluding carboxylic acids is 1. The lowest BCUT2D eigenvalue weighted by Crippen LogP contribution is -2.30. The van der Waals surface area contributed by atoms with Gasteiger partial charge in [-0.15, -0.1) is 24.0 Å². The first-order chi connectivity index (χ1) is 13.6. The first-order valence-electron chi connectivity index (χ1n) is 8.82. The van der Waals surface area contributed by atoms with Crippen molar-refractivity contribution in [3.05, 3.63) is 48.0 Å². The van der Waals surface area contributed by atoms with Crippen molar-refractivity contribution in [1.29, 1.82) is 0 Å². The quantitative estimate of drug-likeness (QED) is 0.293. The van der Waals surface area contributed by atoms with Gasteiger partial charge in [0.25, 0.3) is 0 Å². The van der Waals surface area contributed by atoms with Crippen LogP contribution < -0.4 is 25.4 Å². The number of guanidine groups is 1. The van der Waals surface area contributed by atoms with E-state index in [2.05, 4.69) is 25.7 Å². The largest absolute Gasteiger partial charge is 0.493 e. The van der Waals surface area contributed by atoms with Gasteiger partial charge in [-0.3, -0.25) is 10.3 Å². The van der Waals surface area contributed by atoms with E-state index < -0.39 is 6.09 Å². The number of rotatable bonds is 7. The lowest BCUT2D eigenvalue weighted by atomic mass is 10.2. The van der Waals surface area contributed by atoms with Crippen LogP contribution >= 0.6 is 24.0 Å². The maximum atomic E-state index is 11.2. The van der Waals surface area contributed by atoms with Crippen LogP contribution in [0.1, 0.15) is 12.5 Å². The molecule has 158 valence electrons. The topological polar surface area (TPSA) is 93.2 Å². The fraction of sp³-hybridized carbons (Fsp3) is 0.300. The summed E-state index contributed by atoms with van der Waals surface area (Å²) >= 11 is 0. The van der Waals surface area contributed by atoms with Crippen LogP contribution in [0.2, 0.25) is 0 Å². The van der Waals surface area contributed by atoms with Gasteiger partial charge in [0.15, 0.2) is 17.5 Å². The van der Waals surface area contributed by atoms with Crippen molar-refractivity contribution in [2.45, 2.75) is 13.5 Å². The zero-order valence-electron chi connectivity index (χ0n) is 16.9. The average Bonchev–Trinajstić information content (AvgIpc) is 2.73. The Labute approximate surface area is 188 Å². The van der Waals surface area contributed by atoms with E-state index in [0.29, 0.717) is 36.3 Å². The molecule has 0 aliphatic rings. The molecule has 8 nitrogen and oxygen atoms in total. The molecule has 0 bridgehead atoms. The second-order valence-electron chi connectivity index (χ2n) is 5.66. The molecule has 2 rings (SSSR count). The molecule has 0 spiro atoms. The standard InChI is InChI=1S/C20H26N4O4.HI/c1-5-28-17-11-10-16(12-18(17)26-3)23-19(21-2)22-13-14-6-8-15(9-7-14)24-20(25)27-4;/h6-12H,5,13H2,1-4H3,(H,24,25)(H2,21,22,23);1H. The van der Waals surface area contributed by atoms with Crippen LogP contribution in [-0.4, -0.2) is 39.9 Å². The number of nitrogens with one attached hydrogen (secondary N) is 3. The van der Waals surface area contributed by atoms with Gasteiger partial charge >= 0.3 is 6.09 Å². The SMILES string of the molecule is CCOc1ccc(NC(=NC)NCc2ccc(NC(=O)OC)cc2)cc1OC.I. The first kappa shape index (κ1) is 24.3. The summed E-state index contributed by atoms with van der Waals surface area (Å²) < 4.78 is 15.5. The Kier molecular flexibility index (Phi) is 10.7. The van der Waals surface area contributed by atoms with Crippen molar-refractivity contribution in [3.8, 4) is 11.5 Å². The molecule has 1 amide bonds. The summed E-state index contributed by atoms with van der Waals surface area (Å²) in [5.74, 6) is 1.96. The Hall–Kier alpha value is -2.69. The van der Waals surface area contributed by atoms with Gasteiger partial charge in [0.1, 0.15) is 0 Å². The maximum absolute atomic E-state index is 11.2. The first-order valence-corrected chi connectivity index (χ1v) is 8.82. The van der Waals surface area contributed by atoms with Crippen LogP contribution in [0.15, 0.2) is 47.5 Å². The van der Waals surface area contributed by atoms with Gasteiger partial charge in [-0.05, 0) is 36.8 Å². The molecule has 0 aromatic heterocycles. The Morgan fingerprint density at radius 1 is 1.00 bits per heavy atom. The molecule has 0 saturated carbocycles. The summed E-state index contributed by atoms with van der Waals surface area (Å²) in [5, 5.41) is 9.07. The number of aliphatic imine (C=N–C) groups is 1. The number of anilines is 2.